The van der Waals surface area contributed by atoms with Gasteiger partial charge in [0, 0.05) is 44.1 Å². The second-order valence-electron chi connectivity index (χ2n) is 7.70. The van der Waals surface area contributed by atoms with Crippen LogP contribution in [0.1, 0.15) is 41.6 Å². The van der Waals surface area contributed by atoms with Crippen molar-refractivity contribution in [2.24, 2.45) is 11.3 Å². The second kappa shape index (κ2) is 6.45. The molecule has 2 aliphatic heterocycles. The molecule has 0 bridgehead atoms. The fourth-order valence-electron chi connectivity index (χ4n) is 4.00. The molecule has 3 heterocycles. The summed E-state index contributed by atoms with van der Waals surface area (Å²) < 4.78 is 12.0. The lowest BCUT2D eigenvalue weighted by molar-refractivity contribution is -0.0580. The minimum absolute atomic E-state index is 0.0277. The number of pyridine rings is 1. The minimum atomic E-state index is -0.0277. The van der Waals surface area contributed by atoms with Crippen molar-refractivity contribution in [3.05, 3.63) is 29.6 Å². The maximum Gasteiger partial charge on any atom is 0.255 e. The maximum atomic E-state index is 12.9. The van der Waals surface area contributed by atoms with Crippen LogP contribution >= 0.6 is 0 Å². The maximum absolute atomic E-state index is 12.9. The summed E-state index contributed by atoms with van der Waals surface area (Å²) in [7, 11) is 0. The quantitative estimate of drug-likeness (QED) is 0.832. The molecular formula is C19H26N2O3. The van der Waals surface area contributed by atoms with Gasteiger partial charge in [-0.1, -0.05) is 0 Å². The number of fused-ring (bicyclic) bond motifs is 1. The molecule has 0 aromatic carbocycles. The van der Waals surface area contributed by atoms with E-state index in [2.05, 4.69) is 4.98 Å². The molecule has 3 fully saturated rings. The van der Waals surface area contributed by atoms with E-state index in [0.29, 0.717) is 12.2 Å². The zero-order valence-electron chi connectivity index (χ0n) is 14.4. The van der Waals surface area contributed by atoms with Gasteiger partial charge in [0.25, 0.3) is 5.91 Å². The molecule has 1 amide bonds. The van der Waals surface area contributed by atoms with Gasteiger partial charge in [-0.3, -0.25) is 9.78 Å². The number of aromatic nitrogens is 1. The number of amides is 1. The van der Waals surface area contributed by atoms with Crippen molar-refractivity contribution >= 4 is 5.91 Å². The highest BCUT2D eigenvalue weighted by Gasteiger charge is 2.49. The number of rotatable bonds is 5. The Hall–Kier alpha value is -1.46. The molecule has 0 radical (unpaired) electrons. The largest absolute Gasteiger partial charge is 0.380 e. The summed E-state index contributed by atoms with van der Waals surface area (Å²) in [5, 5.41) is 0. The van der Waals surface area contributed by atoms with Crippen LogP contribution in [0.4, 0.5) is 0 Å². The molecule has 0 spiro atoms. The molecule has 5 heteroatoms. The number of hydrogen-bond donors (Lipinski definition) is 0. The first kappa shape index (κ1) is 16.0. The van der Waals surface area contributed by atoms with Gasteiger partial charge in [0.2, 0.25) is 0 Å². The van der Waals surface area contributed by atoms with Crippen molar-refractivity contribution in [3.8, 4) is 0 Å². The number of hydrogen-bond acceptors (Lipinski definition) is 4. The molecule has 2 atom stereocenters. The summed E-state index contributed by atoms with van der Waals surface area (Å²) in [4.78, 5) is 19.0. The number of carbonyl (C=O) groups is 1. The summed E-state index contributed by atoms with van der Waals surface area (Å²) >= 11 is 0. The predicted molar refractivity (Wildman–Crippen MR) is 89.8 cm³/mol. The van der Waals surface area contributed by atoms with Crippen LogP contribution in [0.3, 0.4) is 0 Å². The first-order valence-electron chi connectivity index (χ1n) is 9.07. The molecule has 2 saturated heterocycles. The predicted octanol–water partition coefficient (Wildman–Crippen LogP) is 2.44. The van der Waals surface area contributed by atoms with Gasteiger partial charge in [-0.2, -0.15) is 0 Å². The minimum Gasteiger partial charge on any atom is -0.380 e. The summed E-state index contributed by atoms with van der Waals surface area (Å²) in [6.45, 7) is 5.81. The lowest BCUT2D eigenvalue weighted by Gasteiger charge is -2.43. The van der Waals surface area contributed by atoms with E-state index in [4.69, 9.17) is 9.47 Å². The van der Waals surface area contributed by atoms with E-state index in [1.807, 2.05) is 17.9 Å². The van der Waals surface area contributed by atoms with Crippen molar-refractivity contribution in [3.63, 3.8) is 0 Å². The zero-order valence-corrected chi connectivity index (χ0v) is 14.4. The average molecular weight is 330 g/mol. The van der Waals surface area contributed by atoms with Gasteiger partial charge < -0.3 is 14.4 Å². The fraction of sp³-hybridized carbons (Fsp3) is 0.684. The van der Waals surface area contributed by atoms with E-state index >= 15 is 0 Å². The van der Waals surface area contributed by atoms with Gasteiger partial charge >= 0.3 is 0 Å². The fourth-order valence-corrected chi connectivity index (χ4v) is 4.00. The van der Waals surface area contributed by atoms with Gasteiger partial charge in [-0.15, -0.1) is 0 Å². The monoisotopic (exact) mass is 330 g/mol. The summed E-state index contributed by atoms with van der Waals surface area (Å²) in [6, 6.07) is 1.92. The van der Waals surface area contributed by atoms with Crippen molar-refractivity contribution < 1.29 is 14.3 Å². The first-order chi connectivity index (χ1) is 11.7. The molecule has 24 heavy (non-hydrogen) atoms. The Morgan fingerprint density at radius 3 is 3.08 bits per heavy atom. The molecule has 4 rings (SSSR count). The molecule has 0 N–H and O–H groups in total. The van der Waals surface area contributed by atoms with Crippen LogP contribution in [-0.4, -0.2) is 54.8 Å². The lowest BCUT2D eigenvalue weighted by atomic mass is 9.77. The van der Waals surface area contributed by atoms with Gasteiger partial charge in [0.05, 0.1) is 18.3 Å². The highest BCUT2D eigenvalue weighted by molar-refractivity contribution is 5.94. The Morgan fingerprint density at radius 2 is 2.29 bits per heavy atom. The SMILES string of the molecule is Cc1cncc(C(=O)N2CC[C@H]3OCC[C@@]3(COCC3CC3)C2)c1. The van der Waals surface area contributed by atoms with Gasteiger partial charge in [0.15, 0.2) is 0 Å². The number of carbonyl (C=O) groups excluding carboxylic acids is 1. The van der Waals surface area contributed by atoms with E-state index in [9.17, 15) is 4.79 Å². The van der Waals surface area contributed by atoms with Crippen LogP contribution < -0.4 is 0 Å². The van der Waals surface area contributed by atoms with Crippen LogP contribution in [0, 0.1) is 18.3 Å². The Morgan fingerprint density at radius 1 is 1.42 bits per heavy atom. The summed E-state index contributed by atoms with van der Waals surface area (Å²) in [5.41, 5.74) is 1.67. The van der Waals surface area contributed by atoms with Crippen LogP contribution in [0.15, 0.2) is 18.5 Å². The molecule has 1 saturated carbocycles. The van der Waals surface area contributed by atoms with Crippen molar-refractivity contribution in [2.45, 2.75) is 38.7 Å². The molecular weight excluding hydrogens is 304 g/mol. The first-order valence-corrected chi connectivity index (χ1v) is 9.07. The third kappa shape index (κ3) is 3.20. The molecule has 1 aromatic rings. The smallest absolute Gasteiger partial charge is 0.255 e. The van der Waals surface area contributed by atoms with Crippen LogP contribution in [-0.2, 0) is 9.47 Å². The third-order valence-corrected chi connectivity index (χ3v) is 5.62. The molecule has 5 nitrogen and oxygen atoms in total. The van der Waals surface area contributed by atoms with Crippen LogP contribution in [0.25, 0.3) is 0 Å². The topological polar surface area (TPSA) is 51.7 Å². The molecule has 0 unspecified atom stereocenters. The highest BCUT2D eigenvalue weighted by Crippen LogP contribution is 2.42. The Balaban J connectivity index is 1.46. The van der Waals surface area contributed by atoms with E-state index in [1.165, 1.54) is 12.8 Å². The van der Waals surface area contributed by atoms with E-state index in [-0.39, 0.29) is 17.4 Å². The zero-order chi connectivity index (χ0) is 16.6. The Kier molecular flexibility index (Phi) is 4.31. The molecule has 130 valence electrons. The van der Waals surface area contributed by atoms with E-state index < -0.39 is 0 Å². The number of piperidine rings is 1. The Bertz CT molecular complexity index is 616. The standard InChI is InChI=1S/C19H26N2O3/c1-14-8-16(10-20-9-14)18(22)21-6-4-17-19(12-21,5-7-24-17)13-23-11-15-2-3-15/h8-10,15,17H,2-7,11-13H2,1H3/t17-,19+/m1/s1. The highest BCUT2D eigenvalue weighted by atomic mass is 16.5. The van der Waals surface area contributed by atoms with Gasteiger partial charge in [-0.25, -0.2) is 0 Å². The van der Waals surface area contributed by atoms with E-state index in [0.717, 1.165) is 50.6 Å². The summed E-state index contributed by atoms with van der Waals surface area (Å²) in [6.07, 6.45) is 8.17. The molecule has 3 aliphatic rings. The van der Waals surface area contributed by atoms with E-state index in [1.54, 1.807) is 12.4 Å². The number of nitrogens with zero attached hydrogens (tertiary/aromatic N) is 2. The van der Waals surface area contributed by atoms with Gasteiger partial charge in [-0.05, 0) is 50.2 Å². The molecule has 1 aromatic heterocycles. The number of likely N-dealkylation sites (tertiary alicyclic amines) is 1. The number of aryl methyl sites for hydroxylation is 1. The Labute approximate surface area is 143 Å². The average Bonchev–Trinajstić information content (AvgIpc) is 3.31. The number of ether oxygens (including phenoxy) is 2. The second-order valence-corrected chi connectivity index (χ2v) is 7.70. The normalized spacial score (nSPS) is 29.5. The van der Waals surface area contributed by atoms with Crippen molar-refractivity contribution in [1.82, 2.24) is 9.88 Å². The lowest BCUT2D eigenvalue weighted by Crippen LogP contribution is -2.53. The van der Waals surface area contributed by atoms with Crippen LogP contribution in [0.2, 0.25) is 0 Å². The third-order valence-electron chi connectivity index (χ3n) is 5.62. The van der Waals surface area contributed by atoms with Crippen molar-refractivity contribution in [2.75, 3.05) is 32.9 Å². The van der Waals surface area contributed by atoms with Gasteiger partial charge in [0.1, 0.15) is 0 Å². The van der Waals surface area contributed by atoms with Crippen molar-refractivity contribution in [1.29, 1.82) is 0 Å². The summed E-state index contributed by atoms with van der Waals surface area (Å²) in [5.74, 6) is 0.847. The molecule has 1 aliphatic carbocycles. The van der Waals surface area contributed by atoms with Crippen LogP contribution in [0.5, 0.6) is 0 Å².